The number of thioether (sulfide) groups is 1. The average molecular weight is 602 g/mol. The van der Waals surface area contributed by atoms with Crippen LogP contribution >= 0.6 is 23.4 Å². The Kier molecular flexibility index (Phi) is 10.6. The van der Waals surface area contributed by atoms with Gasteiger partial charge in [0.1, 0.15) is 17.2 Å². The van der Waals surface area contributed by atoms with Gasteiger partial charge in [-0.15, -0.1) is 11.8 Å². The van der Waals surface area contributed by atoms with Gasteiger partial charge in [-0.05, 0) is 78.9 Å². The highest BCUT2D eigenvalue weighted by molar-refractivity contribution is 8.00. The largest absolute Gasteiger partial charge is 0.497 e. The Hall–Kier alpha value is -4.73. The number of benzene rings is 4. The van der Waals surface area contributed by atoms with Crippen LogP contribution in [0.1, 0.15) is 15.9 Å². The van der Waals surface area contributed by atoms with E-state index in [2.05, 4.69) is 16.0 Å². The first kappa shape index (κ1) is 30.2. The van der Waals surface area contributed by atoms with E-state index in [4.69, 9.17) is 21.1 Å². The molecule has 0 aliphatic rings. The van der Waals surface area contributed by atoms with Crippen LogP contribution in [0.2, 0.25) is 5.02 Å². The number of hydrogen-bond donors (Lipinski definition) is 3. The Bertz CT molecular complexity index is 1580. The number of carbonyl (C=O) groups is 3. The lowest BCUT2D eigenvalue weighted by molar-refractivity contribution is -0.114. The minimum atomic E-state index is -0.528. The van der Waals surface area contributed by atoms with Gasteiger partial charge in [-0.25, -0.2) is 0 Å². The van der Waals surface area contributed by atoms with Crippen LogP contribution in [-0.2, 0) is 9.59 Å². The maximum absolute atomic E-state index is 13.4. The molecule has 0 saturated carbocycles. The van der Waals surface area contributed by atoms with Crippen molar-refractivity contribution in [2.75, 3.05) is 30.6 Å². The van der Waals surface area contributed by atoms with Gasteiger partial charge in [-0.1, -0.05) is 29.8 Å². The fourth-order valence-corrected chi connectivity index (χ4v) is 4.57. The quantitative estimate of drug-likeness (QED) is 0.134. The molecular weight excluding hydrogens is 574 g/mol. The molecule has 0 aliphatic carbocycles. The van der Waals surface area contributed by atoms with Gasteiger partial charge in [0.05, 0.1) is 20.0 Å². The van der Waals surface area contributed by atoms with Gasteiger partial charge in [0.15, 0.2) is 0 Å². The Morgan fingerprint density at radius 1 is 0.810 bits per heavy atom. The number of carbonyl (C=O) groups excluding carboxylic acids is 3. The van der Waals surface area contributed by atoms with E-state index in [1.165, 1.54) is 24.9 Å². The van der Waals surface area contributed by atoms with Gasteiger partial charge in [0.25, 0.3) is 11.8 Å². The Labute approximate surface area is 253 Å². The topological polar surface area (TPSA) is 106 Å². The second-order valence-electron chi connectivity index (χ2n) is 8.81. The lowest BCUT2D eigenvalue weighted by Gasteiger charge is -2.13. The molecule has 0 unspecified atom stereocenters. The number of halogens is 1. The monoisotopic (exact) mass is 601 g/mol. The van der Waals surface area contributed by atoms with Crippen LogP contribution in [0.4, 0.5) is 11.4 Å². The molecule has 0 fully saturated rings. The molecule has 10 heteroatoms. The predicted octanol–water partition coefficient (Wildman–Crippen LogP) is 6.50. The maximum Gasteiger partial charge on any atom is 0.272 e. The average Bonchev–Trinajstić information content (AvgIpc) is 3.02. The highest BCUT2D eigenvalue weighted by atomic mass is 35.5. The van der Waals surface area contributed by atoms with Gasteiger partial charge in [0.2, 0.25) is 5.91 Å². The molecule has 3 N–H and O–H groups in total. The van der Waals surface area contributed by atoms with Crippen molar-refractivity contribution >= 4 is 58.5 Å². The number of ether oxygens (including phenoxy) is 2. The summed E-state index contributed by atoms with van der Waals surface area (Å²) in [4.78, 5) is 39.5. The lowest BCUT2D eigenvalue weighted by atomic mass is 10.1. The van der Waals surface area contributed by atoms with Crippen LogP contribution in [-0.4, -0.2) is 37.7 Å². The van der Waals surface area contributed by atoms with Crippen molar-refractivity contribution in [3.63, 3.8) is 0 Å². The van der Waals surface area contributed by atoms with Crippen molar-refractivity contribution in [3.8, 4) is 11.5 Å². The van der Waals surface area contributed by atoms with Gasteiger partial charge in [-0.2, -0.15) is 0 Å². The summed E-state index contributed by atoms with van der Waals surface area (Å²) in [6.07, 6.45) is 1.54. The molecule has 0 saturated heterocycles. The number of amides is 3. The molecule has 0 aromatic heterocycles. The second kappa shape index (κ2) is 14.8. The number of rotatable bonds is 11. The van der Waals surface area contributed by atoms with E-state index in [0.717, 1.165) is 4.90 Å². The Morgan fingerprint density at radius 2 is 1.48 bits per heavy atom. The first-order valence-corrected chi connectivity index (χ1v) is 14.1. The van der Waals surface area contributed by atoms with E-state index in [-0.39, 0.29) is 17.4 Å². The summed E-state index contributed by atoms with van der Waals surface area (Å²) in [5.41, 5.74) is 2.17. The molecule has 42 heavy (non-hydrogen) atoms. The van der Waals surface area contributed by atoms with E-state index in [9.17, 15) is 14.4 Å². The van der Waals surface area contributed by atoms with Crippen LogP contribution in [0.5, 0.6) is 11.5 Å². The Morgan fingerprint density at radius 3 is 2.14 bits per heavy atom. The molecule has 8 nitrogen and oxygen atoms in total. The number of methoxy groups -OCH3 is 2. The molecule has 0 heterocycles. The first-order valence-electron chi connectivity index (χ1n) is 12.7. The summed E-state index contributed by atoms with van der Waals surface area (Å²) >= 11 is 7.24. The second-order valence-corrected chi connectivity index (χ2v) is 10.3. The molecule has 4 rings (SSSR count). The van der Waals surface area contributed by atoms with Gasteiger partial charge in [0, 0.05) is 38.5 Å². The van der Waals surface area contributed by atoms with Crippen molar-refractivity contribution in [1.82, 2.24) is 5.32 Å². The zero-order valence-electron chi connectivity index (χ0n) is 22.8. The van der Waals surface area contributed by atoms with E-state index in [1.807, 2.05) is 0 Å². The number of hydrogen-bond acceptors (Lipinski definition) is 6. The number of nitrogens with one attached hydrogen (secondary N) is 3. The first-order chi connectivity index (χ1) is 20.3. The molecule has 0 atom stereocenters. The smallest absolute Gasteiger partial charge is 0.272 e. The molecule has 4 aromatic carbocycles. The van der Waals surface area contributed by atoms with Gasteiger partial charge in [-0.3, -0.25) is 14.4 Å². The third kappa shape index (κ3) is 8.63. The van der Waals surface area contributed by atoms with Gasteiger partial charge < -0.3 is 25.4 Å². The molecule has 214 valence electrons. The summed E-state index contributed by atoms with van der Waals surface area (Å²) < 4.78 is 10.7. The third-order valence-electron chi connectivity index (χ3n) is 5.88. The van der Waals surface area contributed by atoms with Crippen molar-refractivity contribution in [1.29, 1.82) is 0 Å². The van der Waals surface area contributed by atoms with E-state index in [0.29, 0.717) is 39.0 Å². The SMILES string of the molecule is COc1ccc(/C=C(\NC(=O)c2ccccc2)C(=O)Nc2ccc(SCC(=O)Nc3ccc(Cl)cc3)cc2)c(OC)c1. The van der Waals surface area contributed by atoms with E-state index >= 15 is 0 Å². The summed E-state index contributed by atoms with van der Waals surface area (Å²) in [6.45, 7) is 0. The van der Waals surface area contributed by atoms with Crippen LogP contribution in [0, 0.1) is 0 Å². The fraction of sp³-hybridized carbons (Fsp3) is 0.0938. The lowest BCUT2D eigenvalue weighted by Crippen LogP contribution is -2.30. The standard InChI is InChI=1S/C32H28ClN3O5S/c1-40-26-15-8-22(29(19-26)41-2)18-28(36-31(38)21-6-4-3-5-7-21)32(39)35-25-13-16-27(17-14-25)42-20-30(37)34-24-11-9-23(33)10-12-24/h3-19H,20H2,1-2H3,(H,34,37)(H,35,39)(H,36,38)/b28-18-. The zero-order chi connectivity index (χ0) is 29.9. The molecule has 0 radical (unpaired) electrons. The van der Waals surface area contributed by atoms with E-state index in [1.54, 1.807) is 104 Å². The third-order valence-corrected chi connectivity index (χ3v) is 7.14. The van der Waals surface area contributed by atoms with Crippen LogP contribution in [0.3, 0.4) is 0 Å². The summed E-state index contributed by atoms with van der Waals surface area (Å²) in [6, 6.07) is 27.7. The molecule has 3 amide bonds. The zero-order valence-corrected chi connectivity index (χ0v) is 24.4. The van der Waals surface area contributed by atoms with Gasteiger partial charge >= 0.3 is 0 Å². The molecule has 0 bridgehead atoms. The highest BCUT2D eigenvalue weighted by Gasteiger charge is 2.17. The minimum Gasteiger partial charge on any atom is -0.497 e. The molecule has 0 aliphatic heterocycles. The normalized spacial score (nSPS) is 10.9. The van der Waals surface area contributed by atoms with Crippen LogP contribution in [0.15, 0.2) is 108 Å². The van der Waals surface area contributed by atoms with Crippen LogP contribution in [0.25, 0.3) is 6.08 Å². The molecular formula is C32H28ClN3O5S. The van der Waals surface area contributed by atoms with E-state index < -0.39 is 11.8 Å². The van der Waals surface area contributed by atoms with Crippen molar-refractivity contribution < 1.29 is 23.9 Å². The molecule has 0 spiro atoms. The van der Waals surface area contributed by atoms with Crippen molar-refractivity contribution in [2.24, 2.45) is 0 Å². The fourth-order valence-electron chi connectivity index (χ4n) is 3.75. The summed E-state index contributed by atoms with van der Waals surface area (Å²) in [7, 11) is 3.05. The highest BCUT2D eigenvalue weighted by Crippen LogP contribution is 2.27. The molecule has 4 aromatic rings. The maximum atomic E-state index is 13.4. The van der Waals surface area contributed by atoms with Crippen LogP contribution < -0.4 is 25.4 Å². The minimum absolute atomic E-state index is 0.0182. The summed E-state index contributed by atoms with van der Waals surface area (Å²) in [5.74, 6) is 0.139. The number of anilines is 2. The van der Waals surface area contributed by atoms with Crippen molar-refractivity contribution in [2.45, 2.75) is 4.90 Å². The predicted molar refractivity (Wildman–Crippen MR) is 167 cm³/mol. The summed E-state index contributed by atoms with van der Waals surface area (Å²) in [5, 5.41) is 8.95. The van der Waals surface area contributed by atoms with Crippen molar-refractivity contribution in [3.05, 3.63) is 119 Å². The Balaban J connectivity index is 1.45.